The highest BCUT2D eigenvalue weighted by Crippen LogP contribution is 2.12. The number of ketones is 1. The number of hydrogen-bond donors (Lipinski definition) is 0. The molecule has 0 aromatic carbocycles. The molecule has 0 radical (unpaired) electrons. The van der Waals surface area contributed by atoms with E-state index in [0.29, 0.717) is 5.78 Å². The Morgan fingerprint density at radius 3 is 1.78 bits per heavy atom. The third-order valence-corrected chi connectivity index (χ3v) is 1.41. The average Bonchev–Trinajstić information content (AvgIpc) is 1.94. The summed E-state index contributed by atoms with van der Waals surface area (Å²) in [5.74, 6) is 0.464. The van der Waals surface area contributed by atoms with Crippen molar-refractivity contribution in [3.05, 3.63) is 0 Å². The molecule has 0 aromatic rings. The van der Waals surface area contributed by atoms with Crippen LogP contribution in [0.2, 0.25) is 0 Å². The van der Waals surface area contributed by atoms with Crippen molar-refractivity contribution in [3.63, 3.8) is 0 Å². The van der Waals surface area contributed by atoms with Crippen LogP contribution in [0, 0.1) is 0 Å². The highest BCUT2D eigenvalue weighted by Gasteiger charge is 2.05. The minimum atomic E-state index is 0.464. The van der Waals surface area contributed by atoms with Gasteiger partial charge in [-0.25, -0.2) is 0 Å². The molecule has 0 amide bonds. The van der Waals surface area contributed by atoms with Crippen molar-refractivity contribution in [2.24, 2.45) is 0 Å². The van der Waals surface area contributed by atoms with Gasteiger partial charge in [0, 0.05) is 19.2 Å². The number of Topliss-reactive ketones (excluding diaryl/α,β-unsaturated/α-hetero) is 1. The second-order valence-electron chi connectivity index (χ2n) is 2.10. The average molecular weight is 149 g/mol. The number of halogens is 1. The maximum absolute atomic E-state index is 10.5. The Morgan fingerprint density at radius 1 is 1.11 bits per heavy atom. The summed E-state index contributed by atoms with van der Waals surface area (Å²) in [7, 11) is 0. The molecule has 0 unspecified atom stereocenters. The molecule has 0 saturated heterocycles. The van der Waals surface area contributed by atoms with Gasteiger partial charge in [-0.2, -0.15) is 0 Å². The predicted molar refractivity (Wildman–Crippen MR) is 39.9 cm³/mol. The van der Waals surface area contributed by atoms with E-state index in [9.17, 15) is 4.79 Å². The maximum atomic E-state index is 10.5. The van der Waals surface area contributed by atoms with Crippen LogP contribution in [0.5, 0.6) is 0 Å². The molecule has 0 atom stereocenters. The summed E-state index contributed by atoms with van der Waals surface area (Å²) in [6, 6.07) is 0. The number of carbonyl (C=O) groups excluding carboxylic acids is 1. The van der Waals surface area contributed by atoms with Gasteiger partial charge in [0.1, 0.15) is 5.78 Å². The first-order valence-corrected chi connectivity index (χ1v) is 4.05. The largest absolute Gasteiger partial charge is 0.300 e. The van der Waals surface area contributed by atoms with Crippen molar-refractivity contribution in [1.29, 1.82) is 0 Å². The van der Waals surface area contributed by atoms with Crippen LogP contribution in [0.4, 0.5) is 0 Å². The van der Waals surface area contributed by atoms with Crippen molar-refractivity contribution >= 4 is 17.4 Å². The molecule has 1 rings (SSSR count). The normalized spacial score (nSPS) is 18.2. The topological polar surface area (TPSA) is 17.1 Å². The Bertz CT molecular complexity index is 73.0. The standard InChI is InChI=1S/C6H10O.CH3Cl/c7-6-4-2-1-3-5-6;1-2/h1-5H2;1H3. The molecular formula is C7H13ClO. The van der Waals surface area contributed by atoms with Crippen LogP contribution in [0.15, 0.2) is 0 Å². The Labute approximate surface area is 61.4 Å². The first-order chi connectivity index (χ1) is 4.39. The Hall–Kier alpha value is -0.0400. The van der Waals surface area contributed by atoms with Gasteiger partial charge < -0.3 is 0 Å². The fourth-order valence-corrected chi connectivity index (χ4v) is 0.946. The van der Waals surface area contributed by atoms with Crippen LogP contribution < -0.4 is 0 Å². The lowest BCUT2D eigenvalue weighted by Gasteiger charge is -2.05. The second-order valence-corrected chi connectivity index (χ2v) is 2.10. The highest BCUT2D eigenvalue weighted by molar-refractivity contribution is 6.15. The third kappa shape index (κ3) is 4.46. The molecule has 9 heavy (non-hydrogen) atoms. The lowest BCUT2D eigenvalue weighted by atomic mass is 10.00. The fraction of sp³-hybridized carbons (Fsp3) is 0.857. The van der Waals surface area contributed by atoms with E-state index in [2.05, 4.69) is 11.6 Å². The molecular weight excluding hydrogens is 136 g/mol. The third-order valence-electron chi connectivity index (χ3n) is 1.41. The number of hydrogen-bond acceptors (Lipinski definition) is 1. The Balaban J connectivity index is 0.000000291. The summed E-state index contributed by atoms with van der Waals surface area (Å²) >= 11 is 4.64. The van der Waals surface area contributed by atoms with Gasteiger partial charge in [-0.1, -0.05) is 6.42 Å². The molecule has 1 saturated carbocycles. The van der Waals surface area contributed by atoms with Crippen molar-refractivity contribution in [3.8, 4) is 0 Å². The molecule has 1 nitrogen and oxygen atoms in total. The second kappa shape index (κ2) is 6.09. The van der Waals surface area contributed by atoms with Gasteiger partial charge in [-0.3, -0.25) is 4.79 Å². The number of carbonyl (C=O) groups is 1. The SMILES string of the molecule is CCl.O=C1CCCCC1. The quantitative estimate of drug-likeness (QED) is 0.482. The zero-order valence-electron chi connectivity index (χ0n) is 5.82. The summed E-state index contributed by atoms with van der Waals surface area (Å²) in [5, 5.41) is 0. The van der Waals surface area contributed by atoms with E-state index in [1.54, 1.807) is 0 Å². The summed E-state index contributed by atoms with van der Waals surface area (Å²) < 4.78 is 0. The molecule has 0 N–H and O–H groups in total. The zero-order valence-corrected chi connectivity index (χ0v) is 6.58. The summed E-state index contributed by atoms with van der Waals surface area (Å²) in [6.07, 6.45) is 6.71. The fourth-order valence-electron chi connectivity index (χ4n) is 0.946. The van der Waals surface area contributed by atoms with E-state index < -0.39 is 0 Å². The van der Waals surface area contributed by atoms with Gasteiger partial charge in [-0.15, -0.1) is 11.6 Å². The molecule has 2 heteroatoms. The van der Waals surface area contributed by atoms with Crippen molar-refractivity contribution in [2.75, 3.05) is 6.38 Å². The van der Waals surface area contributed by atoms with Gasteiger partial charge in [0.05, 0.1) is 0 Å². The van der Waals surface area contributed by atoms with Crippen LogP contribution in [0.1, 0.15) is 32.1 Å². The van der Waals surface area contributed by atoms with Crippen LogP contribution >= 0.6 is 11.6 Å². The molecule has 0 aromatic heterocycles. The zero-order chi connectivity index (χ0) is 7.11. The highest BCUT2D eigenvalue weighted by atomic mass is 35.5. The lowest BCUT2D eigenvalue weighted by molar-refractivity contribution is -0.120. The van der Waals surface area contributed by atoms with Crippen molar-refractivity contribution < 1.29 is 4.79 Å². The molecule has 54 valence electrons. The summed E-state index contributed by atoms with van der Waals surface area (Å²) in [6.45, 7) is 0. The van der Waals surface area contributed by atoms with Crippen LogP contribution in [0.3, 0.4) is 0 Å². The van der Waals surface area contributed by atoms with E-state index in [-0.39, 0.29) is 0 Å². The van der Waals surface area contributed by atoms with Gasteiger partial charge in [-0.05, 0) is 12.8 Å². The van der Waals surface area contributed by atoms with E-state index in [4.69, 9.17) is 0 Å². The minimum Gasteiger partial charge on any atom is -0.300 e. The molecule has 0 heterocycles. The van der Waals surface area contributed by atoms with Crippen molar-refractivity contribution in [2.45, 2.75) is 32.1 Å². The molecule has 0 bridgehead atoms. The molecule has 0 spiro atoms. The van der Waals surface area contributed by atoms with E-state index in [1.165, 1.54) is 12.8 Å². The van der Waals surface area contributed by atoms with Crippen LogP contribution in [-0.4, -0.2) is 12.2 Å². The monoisotopic (exact) mass is 148 g/mol. The Kier molecular flexibility index (Phi) is 6.06. The van der Waals surface area contributed by atoms with Crippen molar-refractivity contribution in [1.82, 2.24) is 0 Å². The van der Waals surface area contributed by atoms with Gasteiger partial charge >= 0.3 is 0 Å². The number of alkyl halides is 1. The maximum Gasteiger partial charge on any atom is 0.132 e. The number of rotatable bonds is 0. The molecule has 1 aliphatic rings. The molecule has 1 aliphatic carbocycles. The van der Waals surface area contributed by atoms with Gasteiger partial charge in [0.15, 0.2) is 0 Å². The Morgan fingerprint density at radius 2 is 1.56 bits per heavy atom. The summed E-state index contributed by atoms with van der Waals surface area (Å²) in [4.78, 5) is 10.5. The molecule has 0 aliphatic heterocycles. The first-order valence-electron chi connectivity index (χ1n) is 3.29. The predicted octanol–water partition coefficient (Wildman–Crippen LogP) is 2.37. The van der Waals surface area contributed by atoms with Gasteiger partial charge in [0.25, 0.3) is 0 Å². The van der Waals surface area contributed by atoms with E-state index in [0.717, 1.165) is 25.7 Å². The molecule has 1 fully saturated rings. The summed E-state index contributed by atoms with van der Waals surface area (Å²) in [5.41, 5.74) is 0. The lowest BCUT2D eigenvalue weighted by Crippen LogP contribution is -2.02. The first kappa shape index (κ1) is 8.96. The minimum absolute atomic E-state index is 0.464. The van der Waals surface area contributed by atoms with E-state index >= 15 is 0 Å². The van der Waals surface area contributed by atoms with Crippen LogP contribution in [0.25, 0.3) is 0 Å². The smallest absolute Gasteiger partial charge is 0.132 e. The van der Waals surface area contributed by atoms with Crippen LogP contribution in [-0.2, 0) is 4.79 Å². The van der Waals surface area contributed by atoms with Gasteiger partial charge in [0.2, 0.25) is 0 Å². The van der Waals surface area contributed by atoms with E-state index in [1.807, 2.05) is 0 Å².